The lowest BCUT2D eigenvalue weighted by Gasteiger charge is -2.23. The van der Waals surface area contributed by atoms with E-state index in [0.29, 0.717) is 32.5 Å². The van der Waals surface area contributed by atoms with Gasteiger partial charge in [0.1, 0.15) is 0 Å². The smallest absolute Gasteiger partial charge is 0.0380 e. The van der Waals surface area contributed by atoms with E-state index in [2.05, 4.69) is 194 Å². The second-order valence-electron chi connectivity index (χ2n) is 34.2. The first-order valence-corrected chi connectivity index (χ1v) is 35.4. The van der Waals surface area contributed by atoms with Crippen molar-refractivity contribution in [3.8, 4) is 0 Å². The Morgan fingerprint density at radius 2 is 0.519 bits per heavy atom. The molecule has 0 bridgehead atoms. The first-order valence-electron chi connectivity index (χ1n) is 35.4. The molecule has 0 amide bonds. The molecular formula is C77H164. The first-order chi connectivity index (χ1) is 35.4. The van der Waals surface area contributed by atoms with Crippen molar-refractivity contribution in [2.24, 2.45) is 68.0 Å². The van der Waals surface area contributed by atoms with Gasteiger partial charge in [-0.25, -0.2) is 0 Å². The van der Waals surface area contributed by atoms with Crippen LogP contribution in [0.4, 0.5) is 0 Å². The lowest BCUT2D eigenvalue weighted by Crippen LogP contribution is -2.10. The summed E-state index contributed by atoms with van der Waals surface area (Å²) >= 11 is 0. The fraction of sp³-hybridized carbons (Fsp3) is 1.00. The van der Waals surface area contributed by atoms with Crippen molar-refractivity contribution in [3.05, 3.63) is 0 Å². The second-order valence-corrected chi connectivity index (χ2v) is 34.2. The molecule has 0 aromatic carbocycles. The molecule has 0 aliphatic carbocycles. The Kier molecular flexibility index (Phi) is 57.5. The molecule has 0 heteroatoms. The van der Waals surface area contributed by atoms with Crippen molar-refractivity contribution in [1.82, 2.24) is 0 Å². The Labute approximate surface area is 496 Å². The summed E-state index contributed by atoms with van der Waals surface area (Å²) < 4.78 is 0. The van der Waals surface area contributed by atoms with E-state index < -0.39 is 0 Å². The van der Waals surface area contributed by atoms with Gasteiger partial charge in [-0.15, -0.1) is 0 Å². The highest BCUT2D eigenvalue weighted by Gasteiger charge is 2.18. The van der Waals surface area contributed by atoms with Gasteiger partial charge in [0.15, 0.2) is 0 Å². The van der Waals surface area contributed by atoms with E-state index in [1.54, 1.807) is 0 Å². The highest BCUT2D eigenvalue weighted by Crippen LogP contribution is 2.32. The van der Waals surface area contributed by atoms with Gasteiger partial charge in [-0.1, -0.05) is 386 Å². The molecule has 0 saturated carbocycles. The molecule has 0 aliphatic heterocycles. The monoisotopic (exact) mass is 1090 g/mol. The fourth-order valence-corrected chi connectivity index (χ4v) is 10.8. The third-order valence-corrected chi connectivity index (χ3v) is 16.1. The standard InChI is InChI=1S/C19H40.C18H38.2C14H30.C12H26/c1-17(16-19(5,6)7)14-12-10-8-9-11-13-15-18(2,3)4;1-6-8-10-11-14-17(13-9-7-2)15-12-16-18(3,4)5;1-12(2)8-7-9-13(3)10-11-14(4,5)6;1-6-8-10-13(9-7-2)11-12-14(3,4)5;1-6-7-8-11(2)9-10-12(3,4)5/h17H,8-16H2,1-7H3;17H,6-16H2,1-5H3;12-13H,7-11H2,1-6H3;13H,6-12H2,1-5H3;11H,6-10H2,1-5H3. The maximum absolute atomic E-state index is 2.43. The molecule has 0 spiro atoms. The van der Waals surface area contributed by atoms with Crippen LogP contribution in [0.1, 0.15) is 431 Å². The Hall–Kier alpha value is 0. The SMILES string of the molecule is CC(C)CCCC(C)CCC(C)(C)C.CC(CCCCCCCCC(C)(C)C)CC(C)(C)C.CCCCC(C)CCC(C)(C)C.CCCCC(CCC)CCC(C)(C)C.CCCCCCC(CCCC)CCCC(C)(C)C. The lowest BCUT2D eigenvalue weighted by molar-refractivity contribution is 0.291. The van der Waals surface area contributed by atoms with Crippen molar-refractivity contribution in [2.45, 2.75) is 431 Å². The van der Waals surface area contributed by atoms with Crippen molar-refractivity contribution >= 4 is 0 Å². The second kappa shape index (κ2) is 51.6. The van der Waals surface area contributed by atoms with E-state index in [9.17, 15) is 0 Å². The summed E-state index contributed by atoms with van der Waals surface area (Å²) in [5.41, 5.74) is 3.14. The maximum atomic E-state index is 2.43. The summed E-state index contributed by atoms with van der Waals surface area (Å²) in [4.78, 5) is 0. The Bertz CT molecular complexity index is 1130. The van der Waals surface area contributed by atoms with Crippen molar-refractivity contribution < 1.29 is 0 Å². The number of hydrogen-bond acceptors (Lipinski definition) is 0. The summed E-state index contributed by atoms with van der Waals surface area (Å²) in [6.45, 7) is 65.7. The summed E-state index contributed by atoms with van der Waals surface area (Å²) in [6, 6.07) is 0. The van der Waals surface area contributed by atoms with Gasteiger partial charge in [-0.3, -0.25) is 0 Å². The van der Waals surface area contributed by atoms with E-state index in [0.717, 1.165) is 35.5 Å². The topological polar surface area (TPSA) is 0 Å². The minimum absolute atomic E-state index is 0.506. The molecule has 0 aromatic rings. The fourth-order valence-electron chi connectivity index (χ4n) is 10.8. The average molecular weight is 1090 g/mol. The third-order valence-electron chi connectivity index (χ3n) is 16.1. The summed E-state index contributed by atoms with van der Waals surface area (Å²) in [7, 11) is 0. The minimum atomic E-state index is 0.506. The van der Waals surface area contributed by atoms with Crippen molar-refractivity contribution in [3.63, 3.8) is 0 Å². The molecule has 5 unspecified atom stereocenters. The maximum Gasteiger partial charge on any atom is -0.0380 e. The van der Waals surface area contributed by atoms with Crippen LogP contribution in [0.5, 0.6) is 0 Å². The van der Waals surface area contributed by atoms with E-state index in [1.807, 2.05) is 0 Å². The minimum Gasteiger partial charge on any atom is -0.0654 e. The Morgan fingerprint density at radius 3 is 0.922 bits per heavy atom. The van der Waals surface area contributed by atoms with E-state index >= 15 is 0 Å². The van der Waals surface area contributed by atoms with Gasteiger partial charge in [0, 0.05) is 0 Å². The molecule has 0 rings (SSSR count). The highest BCUT2D eigenvalue weighted by molar-refractivity contribution is 4.70. The van der Waals surface area contributed by atoms with Crippen LogP contribution in [0.3, 0.4) is 0 Å². The molecule has 0 N–H and O–H groups in total. The van der Waals surface area contributed by atoms with Crippen LogP contribution in [-0.4, -0.2) is 0 Å². The van der Waals surface area contributed by atoms with Gasteiger partial charge >= 0.3 is 0 Å². The van der Waals surface area contributed by atoms with Crippen LogP contribution in [-0.2, 0) is 0 Å². The van der Waals surface area contributed by atoms with Crippen LogP contribution >= 0.6 is 0 Å². The lowest BCUT2D eigenvalue weighted by atomic mass is 9.83. The van der Waals surface area contributed by atoms with Gasteiger partial charge in [-0.05, 0) is 113 Å². The molecule has 0 nitrogen and oxygen atoms in total. The van der Waals surface area contributed by atoms with E-state index in [4.69, 9.17) is 0 Å². The average Bonchev–Trinajstić information content (AvgIpc) is 3.27. The summed E-state index contributed by atoms with van der Waals surface area (Å²) in [5, 5.41) is 0. The van der Waals surface area contributed by atoms with Gasteiger partial charge in [0.05, 0.1) is 0 Å². The van der Waals surface area contributed by atoms with Crippen LogP contribution < -0.4 is 0 Å². The predicted octanol–water partition coefficient (Wildman–Crippen LogP) is 29.5. The quantitative estimate of drug-likeness (QED) is 0.0541. The molecule has 0 aliphatic rings. The molecule has 77 heavy (non-hydrogen) atoms. The molecule has 0 aromatic heterocycles. The molecule has 472 valence electrons. The van der Waals surface area contributed by atoms with Gasteiger partial charge in [0.25, 0.3) is 0 Å². The Morgan fingerprint density at radius 1 is 0.208 bits per heavy atom. The molecule has 0 fully saturated rings. The number of unbranched alkanes of at least 4 members (excludes halogenated alkanes) is 11. The summed E-state index contributed by atoms with van der Waals surface area (Å²) in [5.74, 6) is 5.66. The zero-order valence-corrected chi connectivity index (χ0v) is 60.6. The van der Waals surface area contributed by atoms with Crippen molar-refractivity contribution in [2.75, 3.05) is 0 Å². The molecule has 5 atom stereocenters. The van der Waals surface area contributed by atoms with Crippen LogP contribution in [0.2, 0.25) is 0 Å². The van der Waals surface area contributed by atoms with Crippen molar-refractivity contribution in [1.29, 1.82) is 0 Å². The molecule has 0 saturated heterocycles. The largest absolute Gasteiger partial charge is 0.0654 e. The molecular weight excluding hydrogens is 925 g/mol. The zero-order chi connectivity index (χ0) is 60.6. The molecule has 0 heterocycles. The van der Waals surface area contributed by atoms with Crippen LogP contribution in [0.15, 0.2) is 0 Å². The first kappa shape index (κ1) is 85.8. The highest BCUT2D eigenvalue weighted by atomic mass is 14.2. The normalized spacial score (nSPS) is 14.5. The van der Waals surface area contributed by atoms with Gasteiger partial charge < -0.3 is 0 Å². The number of rotatable bonds is 38. The van der Waals surface area contributed by atoms with Gasteiger partial charge in [0.2, 0.25) is 0 Å². The predicted molar refractivity (Wildman–Crippen MR) is 365 cm³/mol. The number of hydrogen-bond donors (Lipinski definition) is 0. The van der Waals surface area contributed by atoms with Crippen LogP contribution in [0.25, 0.3) is 0 Å². The van der Waals surface area contributed by atoms with Gasteiger partial charge in [-0.2, -0.15) is 0 Å². The van der Waals surface area contributed by atoms with E-state index in [-0.39, 0.29) is 0 Å². The third kappa shape index (κ3) is 87.4. The molecule has 0 radical (unpaired) electrons. The Balaban J connectivity index is -0.000000283. The van der Waals surface area contributed by atoms with Crippen LogP contribution in [0, 0.1) is 68.0 Å². The zero-order valence-electron chi connectivity index (χ0n) is 60.6. The summed E-state index contributed by atoms with van der Waals surface area (Å²) in [6.07, 6.45) is 52.5. The van der Waals surface area contributed by atoms with E-state index in [1.165, 1.54) is 238 Å².